The van der Waals surface area contributed by atoms with E-state index in [2.05, 4.69) is 5.32 Å². The second-order valence-corrected chi connectivity index (χ2v) is 8.83. The van der Waals surface area contributed by atoms with Crippen molar-refractivity contribution >= 4 is 11.7 Å². The fraction of sp³-hybridized carbons (Fsp3) is 0.524. The second-order valence-electron chi connectivity index (χ2n) is 8.83. The van der Waals surface area contributed by atoms with Gasteiger partial charge < -0.3 is 15.3 Å². The van der Waals surface area contributed by atoms with E-state index in [1.54, 1.807) is 31.1 Å². The highest BCUT2D eigenvalue weighted by Crippen LogP contribution is 2.40. The summed E-state index contributed by atoms with van der Waals surface area (Å²) in [6.45, 7) is 11.9. The number of carbonyl (C=O) groups is 2. The molecule has 0 aliphatic heterocycles. The first-order chi connectivity index (χ1) is 11.7. The molecule has 0 aromatic heterocycles. The summed E-state index contributed by atoms with van der Waals surface area (Å²) in [4.78, 5) is 27.0. The SMILES string of the molecule is CNC(=O)C(=CN(C)C)C(=O)c1cc(C(C)(C)C)c(O)c(C(C)(C)C)c1. The molecule has 0 atom stereocenters. The predicted molar refractivity (Wildman–Crippen MR) is 106 cm³/mol. The van der Waals surface area contributed by atoms with Crippen LogP contribution in [0, 0.1) is 0 Å². The summed E-state index contributed by atoms with van der Waals surface area (Å²) in [7, 11) is 5.01. The van der Waals surface area contributed by atoms with E-state index >= 15 is 0 Å². The second kappa shape index (κ2) is 7.52. The van der Waals surface area contributed by atoms with Crippen molar-refractivity contribution in [1.29, 1.82) is 0 Å². The summed E-state index contributed by atoms with van der Waals surface area (Å²) in [5.74, 6) is -0.597. The fourth-order valence-corrected chi connectivity index (χ4v) is 2.68. The first kappa shape index (κ1) is 21.7. The van der Waals surface area contributed by atoms with Crippen LogP contribution in [0.5, 0.6) is 5.75 Å². The lowest BCUT2D eigenvalue weighted by Gasteiger charge is -2.28. The van der Waals surface area contributed by atoms with Gasteiger partial charge in [-0.25, -0.2) is 0 Å². The van der Waals surface area contributed by atoms with Gasteiger partial charge in [0.2, 0.25) is 0 Å². The minimum atomic E-state index is -0.439. The highest BCUT2D eigenvalue weighted by atomic mass is 16.3. The van der Waals surface area contributed by atoms with Gasteiger partial charge in [-0.1, -0.05) is 41.5 Å². The van der Waals surface area contributed by atoms with Crippen molar-refractivity contribution in [2.75, 3.05) is 21.1 Å². The van der Waals surface area contributed by atoms with Gasteiger partial charge in [0, 0.05) is 44.0 Å². The van der Waals surface area contributed by atoms with Gasteiger partial charge in [0.25, 0.3) is 5.91 Å². The molecular formula is C21H32N2O3. The van der Waals surface area contributed by atoms with Crippen molar-refractivity contribution in [2.24, 2.45) is 0 Å². The maximum absolute atomic E-state index is 13.1. The number of likely N-dealkylation sites (N-methyl/N-ethyl adjacent to an activating group) is 1. The van der Waals surface area contributed by atoms with E-state index in [0.29, 0.717) is 16.7 Å². The lowest BCUT2D eigenvalue weighted by molar-refractivity contribution is -0.116. The number of benzene rings is 1. The van der Waals surface area contributed by atoms with E-state index in [-0.39, 0.29) is 27.9 Å². The zero-order valence-electron chi connectivity index (χ0n) is 17.4. The highest BCUT2D eigenvalue weighted by molar-refractivity contribution is 6.25. The fourth-order valence-electron chi connectivity index (χ4n) is 2.68. The summed E-state index contributed by atoms with van der Waals surface area (Å²) in [5.41, 5.74) is 1.14. The number of phenols is 1. The van der Waals surface area contributed by atoms with Crippen LogP contribution in [0.4, 0.5) is 0 Å². The number of hydrogen-bond donors (Lipinski definition) is 2. The average Bonchev–Trinajstić information content (AvgIpc) is 2.48. The Labute approximate surface area is 157 Å². The molecule has 1 aromatic carbocycles. The number of phenolic OH excluding ortho intramolecular Hbond substituents is 1. The number of hydrogen-bond acceptors (Lipinski definition) is 4. The van der Waals surface area contributed by atoms with Crippen molar-refractivity contribution in [3.8, 4) is 5.75 Å². The lowest BCUT2D eigenvalue weighted by Crippen LogP contribution is -2.27. The van der Waals surface area contributed by atoms with E-state index in [1.807, 2.05) is 41.5 Å². The monoisotopic (exact) mass is 360 g/mol. The number of aromatic hydroxyl groups is 1. The maximum atomic E-state index is 13.1. The average molecular weight is 360 g/mol. The summed E-state index contributed by atoms with van der Waals surface area (Å²) in [6, 6.07) is 3.39. The van der Waals surface area contributed by atoms with Gasteiger partial charge in [-0.05, 0) is 23.0 Å². The third-order valence-corrected chi connectivity index (χ3v) is 4.09. The van der Waals surface area contributed by atoms with Gasteiger partial charge in [-0.3, -0.25) is 9.59 Å². The topological polar surface area (TPSA) is 69.6 Å². The van der Waals surface area contributed by atoms with Crippen molar-refractivity contribution in [3.05, 3.63) is 40.6 Å². The van der Waals surface area contributed by atoms with Crippen LogP contribution in [0.2, 0.25) is 0 Å². The molecule has 1 rings (SSSR count). The standard InChI is InChI=1S/C21H32N2O3/c1-20(2,3)15-10-13(11-16(18(15)25)21(4,5)6)17(24)14(12-23(8)9)19(26)22-7/h10-12,25H,1-9H3,(H,22,26). The first-order valence-corrected chi connectivity index (χ1v) is 8.73. The van der Waals surface area contributed by atoms with Crippen LogP contribution in [0.3, 0.4) is 0 Å². The molecule has 26 heavy (non-hydrogen) atoms. The van der Waals surface area contributed by atoms with E-state index in [0.717, 1.165) is 0 Å². The first-order valence-electron chi connectivity index (χ1n) is 8.73. The van der Waals surface area contributed by atoms with Crippen molar-refractivity contribution < 1.29 is 14.7 Å². The summed E-state index contributed by atoms with van der Waals surface area (Å²) >= 11 is 0. The molecule has 5 heteroatoms. The van der Waals surface area contributed by atoms with Crippen molar-refractivity contribution in [1.82, 2.24) is 10.2 Å². The lowest BCUT2D eigenvalue weighted by atomic mass is 9.77. The normalized spacial score (nSPS) is 12.7. The highest BCUT2D eigenvalue weighted by Gasteiger charge is 2.29. The Kier molecular flexibility index (Phi) is 6.29. The van der Waals surface area contributed by atoms with Crippen LogP contribution in [0.25, 0.3) is 0 Å². The smallest absolute Gasteiger partial charge is 0.256 e. The number of nitrogens with zero attached hydrogens (tertiary/aromatic N) is 1. The summed E-state index contributed by atoms with van der Waals surface area (Å²) < 4.78 is 0. The van der Waals surface area contributed by atoms with Gasteiger partial charge in [0.05, 0.1) is 0 Å². The Balaban J connectivity index is 3.71. The van der Waals surface area contributed by atoms with E-state index in [1.165, 1.54) is 13.2 Å². The number of rotatable bonds is 4. The van der Waals surface area contributed by atoms with Gasteiger partial charge in [0.15, 0.2) is 5.78 Å². The molecule has 144 valence electrons. The molecule has 0 aliphatic carbocycles. The molecule has 0 radical (unpaired) electrons. The molecule has 1 aromatic rings. The maximum Gasteiger partial charge on any atom is 0.256 e. The molecule has 1 amide bonds. The zero-order valence-corrected chi connectivity index (χ0v) is 17.4. The Morgan fingerprint density at radius 2 is 1.42 bits per heavy atom. The zero-order chi connectivity index (χ0) is 20.4. The number of amides is 1. The minimum absolute atomic E-state index is 0.0582. The number of ketones is 1. The molecule has 2 N–H and O–H groups in total. The van der Waals surface area contributed by atoms with Gasteiger partial charge in [-0.2, -0.15) is 0 Å². The Morgan fingerprint density at radius 3 is 1.73 bits per heavy atom. The molecule has 0 spiro atoms. The number of carbonyl (C=O) groups excluding carboxylic acids is 2. The molecule has 0 aliphatic rings. The van der Waals surface area contributed by atoms with Crippen LogP contribution in [0.15, 0.2) is 23.9 Å². The van der Waals surface area contributed by atoms with E-state index < -0.39 is 5.91 Å². The van der Waals surface area contributed by atoms with Gasteiger partial charge >= 0.3 is 0 Å². The van der Waals surface area contributed by atoms with E-state index in [4.69, 9.17) is 0 Å². The third-order valence-electron chi connectivity index (χ3n) is 4.09. The Bertz CT molecular complexity index is 698. The third kappa shape index (κ3) is 4.87. The molecule has 5 nitrogen and oxygen atoms in total. The molecule has 0 saturated carbocycles. The number of Topliss-reactive ketones (excluding diaryl/α,β-unsaturated/α-hetero) is 1. The summed E-state index contributed by atoms with van der Waals surface area (Å²) in [5, 5.41) is 13.3. The largest absolute Gasteiger partial charge is 0.507 e. The van der Waals surface area contributed by atoms with Crippen LogP contribution in [-0.2, 0) is 15.6 Å². The van der Waals surface area contributed by atoms with Crippen LogP contribution < -0.4 is 5.32 Å². The van der Waals surface area contributed by atoms with Crippen LogP contribution in [-0.4, -0.2) is 42.8 Å². The molecule has 0 saturated heterocycles. The predicted octanol–water partition coefficient (Wildman–Crippen LogP) is 3.36. The molecule has 0 heterocycles. The Morgan fingerprint density at radius 1 is 1.00 bits per heavy atom. The van der Waals surface area contributed by atoms with Crippen LogP contribution in [0.1, 0.15) is 63.0 Å². The minimum Gasteiger partial charge on any atom is -0.507 e. The van der Waals surface area contributed by atoms with Gasteiger partial charge in [0.1, 0.15) is 11.3 Å². The summed E-state index contributed by atoms with van der Waals surface area (Å²) in [6.07, 6.45) is 1.52. The number of nitrogens with one attached hydrogen (secondary N) is 1. The van der Waals surface area contributed by atoms with Crippen molar-refractivity contribution in [3.63, 3.8) is 0 Å². The molecular weight excluding hydrogens is 328 g/mol. The van der Waals surface area contributed by atoms with Gasteiger partial charge in [-0.15, -0.1) is 0 Å². The molecule has 0 bridgehead atoms. The van der Waals surface area contributed by atoms with E-state index in [9.17, 15) is 14.7 Å². The molecule has 0 unspecified atom stereocenters. The quantitative estimate of drug-likeness (QED) is 0.374. The molecule has 0 fully saturated rings. The Hall–Kier alpha value is -2.30. The van der Waals surface area contributed by atoms with Crippen LogP contribution >= 0.6 is 0 Å². The van der Waals surface area contributed by atoms with Crippen molar-refractivity contribution in [2.45, 2.75) is 52.4 Å².